The Morgan fingerprint density at radius 3 is 3.21 bits per heavy atom. The van der Waals surface area contributed by atoms with Crippen LogP contribution >= 0.6 is 0 Å². The van der Waals surface area contributed by atoms with E-state index in [9.17, 15) is 4.79 Å². The number of aromatic nitrogens is 4. The minimum absolute atomic E-state index is 0.0224. The Balaban J connectivity index is 1.75. The smallest absolute Gasteiger partial charge is 0.248 e. The average Bonchev–Trinajstić information content (AvgIpc) is 2.81. The SMILES string of the molecule is Cn1cnc(CNC2CCCc3[nH]c(=O)ccc32)n1. The Morgan fingerprint density at radius 2 is 2.42 bits per heavy atom. The van der Waals surface area contributed by atoms with E-state index in [2.05, 4.69) is 20.4 Å². The summed E-state index contributed by atoms with van der Waals surface area (Å²) in [5.41, 5.74) is 2.23. The molecule has 0 radical (unpaired) electrons. The second kappa shape index (κ2) is 4.97. The molecule has 0 saturated heterocycles. The topological polar surface area (TPSA) is 75.6 Å². The van der Waals surface area contributed by atoms with Crippen LogP contribution in [0.15, 0.2) is 23.3 Å². The van der Waals surface area contributed by atoms with Gasteiger partial charge in [-0.2, -0.15) is 5.10 Å². The summed E-state index contributed by atoms with van der Waals surface area (Å²) in [5, 5.41) is 7.72. The molecule has 1 unspecified atom stereocenters. The van der Waals surface area contributed by atoms with E-state index < -0.39 is 0 Å². The Labute approximate surface area is 110 Å². The van der Waals surface area contributed by atoms with E-state index in [1.807, 2.05) is 13.1 Å². The van der Waals surface area contributed by atoms with Gasteiger partial charge < -0.3 is 10.3 Å². The van der Waals surface area contributed by atoms with Crippen LogP contribution in [0, 0.1) is 0 Å². The molecule has 100 valence electrons. The molecule has 6 nitrogen and oxygen atoms in total. The van der Waals surface area contributed by atoms with Crippen molar-refractivity contribution in [3.8, 4) is 0 Å². The van der Waals surface area contributed by atoms with Crippen LogP contribution in [0.5, 0.6) is 0 Å². The minimum atomic E-state index is -0.0224. The third-order valence-corrected chi connectivity index (χ3v) is 3.49. The maximum absolute atomic E-state index is 11.3. The maximum Gasteiger partial charge on any atom is 0.248 e. The minimum Gasteiger partial charge on any atom is -0.326 e. The second-order valence-corrected chi connectivity index (χ2v) is 4.92. The van der Waals surface area contributed by atoms with Crippen LogP contribution in [0.25, 0.3) is 0 Å². The molecule has 1 aliphatic rings. The number of nitrogens with one attached hydrogen (secondary N) is 2. The van der Waals surface area contributed by atoms with Crippen molar-refractivity contribution >= 4 is 0 Å². The number of hydrogen-bond donors (Lipinski definition) is 2. The van der Waals surface area contributed by atoms with Crippen molar-refractivity contribution in [1.82, 2.24) is 25.1 Å². The van der Waals surface area contributed by atoms with E-state index in [0.29, 0.717) is 6.54 Å². The molecule has 2 heterocycles. The van der Waals surface area contributed by atoms with E-state index in [-0.39, 0.29) is 11.6 Å². The van der Waals surface area contributed by atoms with Gasteiger partial charge >= 0.3 is 0 Å². The highest BCUT2D eigenvalue weighted by Gasteiger charge is 2.20. The van der Waals surface area contributed by atoms with Crippen molar-refractivity contribution in [1.29, 1.82) is 0 Å². The van der Waals surface area contributed by atoms with Crippen LogP contribution in [0.1, 0.15) is 36.0 Å². The predicted octanol–water partition coefficient (Wildman–Crippen LogP) is 0.671. The van der Waals surface area contributed by atoms with E-state index in [4.69, 9.17) is 0 Å². The summed E-state index contributed by atoms with van der Waals surface area (Å²) in [6, 6.07) is 3.79. The normalized spacial score (nSPS) is 18.3. The standard InChI is InChI=1S/C13H17N5O/c1-18-8-15-12(17-18)7-14-10-3-2-4-11-9(10)5-6-13(19)16-11/h5-6,8,10,14H,2-4,7H2,1H3,(H,16,19). The summed E-state index contributed by atoms with van der Waals surface area (Å²) in [5.74, 6) is 0.791. The summed E-state index contributed by atoms with van der Waals surface area (Å²) >= 11 is 0. The summed E-state index contributed by atoms with van der Waals surface area (Å²) in [7, 11) is 1.86. The first-order valence-corrected chi connectivity index (χ1v) is 6.52. The second-order valence-electron chi connectivity index (χ2n) is 4.92. The molecule has 0 aliphatic heterocycles. The van der Waals surface area contributed by atoms with Crippen molar-refractivity contribution in [3.05, 3.63) is 45.9 Å². The number of pyridine rings is 1. The van der Waals surface area contributed by atoms with Crippen LogP contribution in [-0.4, -0.2) is 19.7 Å². The molecule has 19 heavy (non-hydrogen) atoms. The van der Waals surface area contributed by atoms with Gasteiger partial charge in [0.05, 0.1) is 6.54 Å². The molecule has 6 heteroatoms. The molecule has 2 aromatic rings. The largest absolute Gasteiger partial charge is 0.326 e. The molecule has 0 saturated carbocycles. The zero-order valence-corrected chi connectivity index (χ0v) is 10.9. The van der Waals surface area contributed by atoms with Gasteiger partial charge in [0.25, 0.3) is 0 Å². The molecule has 0 amide bonds. The highest BCUT2D eigenvalue weighted by molar-refractivity contribution is 5.26. The summed E-state index contributed by atoms with van der Waals surface area (Å²) in [6.45, 7) is 0.643. The molecule has 1 atom stereocenters. The van der Waals surface area contributed by atoms with Gasteiger partial charge in [-0.1, -0.05) is 6.07 Å². The van der Waals surface area contributed by atoms with E-state index >= 15 is 0 Å². The van der Waals surface area contributed by atoms with Crippen LogP contribution in [0.3, 0.4) is 0 Å². The Hall–Kier alpha value is -1.95. The first-order valence-electron chi connectivity index (χ1n) is 6.52. The van der Waals surface area contributed by atoms with Crippen molar-refractivity contribution in [2.75, 3.05) is 0 Å². The number of H-pyrrole nitrogens is 1. The number of hydrogen-bond acceptors (Lipinski definition) is 4. The Bertz CT molecular complexity index is 630. The van der Waals surface area contributed by atoms with Crippen molar-refractivity contribution in [3.63, 3.8) is 0 Å². The Kier molecular flexibility index (Phi) is 3.16. The van der Waals surface area contributed by atoms with Crippen molar-refractivity contribution in [2.24, 2.45) is 7.05 Å². The molecule has 1 aliphatic carbocycles. The van der Waals surface area contributed by atoms with Gasteiger partial charge in [-0.3, -0.25) is 9.48 Å². The highest BCUT2D eigenvalue weighted by Crippen LogP contribution is 2.27. The molecule has 3 rings (SSSR count). The maximum atomic E-state index is 11.3. The summed E-state index contributed by atoms with van der Waals surface area (Å²) in [6.07, 6.45) is 4.81. The molecule has 0 aromatic carbocycles. The molecular weight excluding hydrogens is 242 g/mol. The quantitative estimate of drug-likeness (QED) is 0.849. The number of aryl methyl sites for hydroxylation is 2. The van der Waals surface area contributed by atoms with E-state index in [0.717, 1.165) is 30.8 Å². The van der Waals surface area contributed by atoms with Crippen LogP contribution < -0.4 is 10.9 Å². The number of fused-ring (bicyclic) bond motifs is 1. The van der Waals surface area contributed by atoms with Gasteiger partial charge in [0.15, 0.2) is 5.82 Å². The van der Waals surface area contributed by atoms with Gasteiger partial charge in [0.1, 0.15) is 6.33 Å². The summed E-state index contributed by atoms with van der Waals surface area (Å²) < 4.78 is 1.70. The zero-order valence-electron chi connectivity index (χ0n) is 10.9. The lowest BCUT2D eigenvalue weighted by atomic mass is 9.91. The van der Waals surface area contributed by atoms with E-state index in [1.54, 1.807) is 17.1 Å². The monoisotopic (exact) mass is 259 g/mol. The van der Waals surface area contributed by atoms with Crippen LogP contribution in [-0.2, 0) is 20.0 Å². The molecule has 0 spiro atoms. The van der Waals surface area contributed by atoms with Crippen molar-refractivity contribution in [2.45, 2.75) is 31.8 Å². The fourth-order valence-corrected chi connectivity index (χ4v) is 2.59. The first kappa shape index (κ1) is 12.1. The van der Waals surface area contributed by atoms with Crippen molar-refractivity contribution < 1.29 is 0 Å². The van der Waals surface area contributed by atoms with Crippen LogP contribution in [0.2, 0.25) is 0 Å². The number of nitrogens with zero attached hydrogens (tertiary/aromatic N) is 3. The van der Waals surface area contributed by atoms with Gasteiger partial charge in [-0.25, -0.2) is 4.98 Å². The first-order chi connectivity index (χ1) is 9.22. The average molecular weight is 259 g/mol. The predicted molar refractivity (Wildman–Crippen MR) is 70.6 cm³/mol. The molecular formula is C13H17N5O. The number of aromatic amines is 1. The van der Waals surface area contributed by atoms with Gasteiger partial charge in [-0.15, -0.1) is 0 Å². The molecule has 2 N–H and O–H groups in total. The fraction of sp³-hybridized carbons (Fsp3) is 0.462. The highest BCUT2D eigenvalue weighted by atomic mass is 16.1. The van der Waals surface area contributed by atoms with Gasteiger partial charge in [-0.05, 0) is 24.8 Å². The van der Waals surface area contributed by atoms with Gasteiger partial charge in [0, 0.05) is 24.8 Å². The molecule has 0 bridgehead atoms. The lowest BCUT2D eigenvalue weighted by Gasteiger charge is -2.25. The zero-order chi connectivity index (χ0) is 13.2. The molecule has 2 aromatic heterocycles. The lowest BCUT2D eigenvalue weighted by Crippen LogP contribution is -2.27. The summed E-state index contributed by atoms with van der Waals surface area (Å²) in [4.78, 5) is 18.5. The van der Waals surface area contributed by atoms with E-state index in [1.165, 1.54) is 5.56 Å². The lowest BCUT2D eigenvalue weighted by molar-refractivity contribution is 0.447. The Morgan fingerprint density at radius 1 is 1.53 bits per heavy atom. The third kappa shape index (κ3) is 2.58. The van der Waals surface area contributed by atoms with Crippen LogP contribution in [0.4, 0.5) is 0 Å². The molecule has 0 fully saturated rings. The third-order valence-electron chi connectivity index (χ3n) is 3.49. The number of rotatable bonds is 3. The fourth-order valence-electron chi connectivity index (χ4n) is 2.59. The van der Waals surface area contributed by atoms with Gasteiger partial charge in [0.2, 0.25) is 5.56 Å².